The first-order chi connectivity index (χ1) is 9.69. The third-order valence-electron chi connectivity index (χ3n) is 3.19. The topological polar surface area (TPSA) is 45.0 Å². The van der Waals surface area contributed by atoms with Crippen LogP contribution in [0.3, 0.4) is 0 Å². The third-order valence-corrected chi connectivity index (χ3v) is 4.60. The average molecular weight is 286 g/mol. The maximum atomic E-state index is 9.22. The number of nitrogens with one attached hydrogen (secondary N) is 1. The summed E-state index contributed by atoms with van der Waals surface area (Å²) >= 11 is 1.80. The SMILES string of the molecule is CCc1ccc(C(C)Nc2c(C#N)cccc2OC)s1. The maximum absolute atomic E-state index is 9.22. The molecule has 2 aromatic rings. The molecule has 3 nitrogen and oxygen atoms in total. The Balaban J connectivity index is 2.27. The number of ether oxygens (including phenoxy) is 1. The van der Waals surface area contributed by atoms with Gasteiger partial charge in [0.2, 0.25) is 0 Å². The van der Waals surface area contributed by atoms with Gasteiger partial charge < -0.3 is 10.1 Å². The van der Waals surface area contributed by atoms with Gasteiger partial charge in [-0.05, 0) is 37.6 Å². The molecule has 1 unspecified atom stereocenters. The summed E-state index contributed by atoms with van der Waals surface area (Å²) in [7, 11) is 1.62. The average Bonchev–Trinajstić information content (AvgIpc) is 2.96. The second-order valence-corrected chi connectivity index (χ2v) is 5.72. The molecule has 0 amide bonds. The minimum Gasteiger partial charge on any atom is -0.495 e. The summed E-state index contributed by atoms with van der Waals surface area (Å²) in [6, 6.07) is 12.1. The van der Waals surface area contributed by atoms with E-state index < -0.39 is 0 Å². The van der Waals surface area contributed by atoms with Gasteiger partial charge in [0.15, 0.2) is 0 Å². The van der Waals surface area contributed by atoms with E-state index in [-0.39, 0.29) is 6.04 Å². The lowest BCUT2D eigenvalue weighted by molar-refractivity contribution is 0.416. The Labute approximate surface area is 123 Å². The van der Waals surface area contributed by atoms with Gasteiger partial charge in [-0.1, -0.05) is 13.0 Å². The number of benzene rings is 1. The third kappa shape index (κ3) is 2.94. The van der Waals surface area contributed by atoms with Gasteiger partial charge in [-0.25, -0.2) is 0 Å². The molecule has 0 aliphatic rings. The fraction of sp³-hybridized carbons (Fsp3) is 0.312. The number of hydrogen-bond acceptors (Lipinski definition) is 4. The van der Waals surface area contributed by atoms with E-state index in [9.17, 15) is 5.26 Å². The Morgan fingerprint density at radius 1 is 1.35 bits per heavy atom. The zero-order valence-corrected chi connectivity index (χ0v) is 12.8. The summed E-state index contributed by atoms with van der Waals surface area (Å²) in [6.07, 6.45) is 1.05. The highest BCUT2D eigenvalue weighted by Gasteiger charge is 2.14. The predicted molar refractivity (Wildman–Crippen MR) is 83.4 cm³/mol. The van der Waals surface area contributed by atoms with Crippen LogP contribution < -0.4 is 10.1 Å². The van der Waals surface area contributed by atoms with E-state index >= 15 is 0 Å². The number of hydrogen-bond donors (Lipinski definition) is 1. The number of anilines is 1. The van der Waals surface area contributed by atoms with E-state index in [1.165, 1.54) is 9.75 Å². The molecule has 0 fully saturated rings. The molecule has 20 heavy (non-hydrogen) atoms. The van der Waals surface area contributed by atoms with Crippen LogP contribution in [0.2, 0.25) is 0 Å². The molecular weight excluding hydrogens is 268 g/mol. The Morgan fingerprint density at radius 3 is 2.75 bits per heavy atom. The molecule has 1 heterocycles. The van der Waals surface area contributed by atoms with Crippen molar-refractivity contribution in [2.45, 2.75) is 26.3 Å². The molecule has 0 saturated heterocycles. The van der Waals surface area contributed by atoms with Crippen molar-refractivity contribution in [3.63, 3.8) is 0 Å². The molecule has 4 heteroatoms. The second-order valence-electron chi connectivity index (χ2n) is 4.52. The van der Waals surface area contributed by atoms with Crippen molar-refractivity contribution in [2.24, 2.45) is 0 Å². The van der Waals surface area contributed by atoms with Gasteiger partial charge >= 0.3 is 0 Å². The van der Waals surface area contributed by atoms with Crippen molar-refractivity contribution in [2.75, 3.05) is 12.4 Å². The second kappa shape index (κ2) is 6.44. The number of rotatable bonds is 5. The van der Waals surface area contributed by atoms with Crippen molar-refractivity contribution in [1.82, 2.24) is 0 Å². The number of para-hydroxylation sites is 1. The normalized spacial score (nSPS) is 11.7. The first-order valence-electron chi connectivity index (χ1n) is 6.61. The molecule has 1 N–H and O–H groups in total. The van der Waals surface area contributed by atoms with Gasteiger partial charge in [-0.15, -0.1) is 11.3 Å². The Kier molecular flexibility index (Phi) is 4.65. The van der Waals surface area contributed by atoms with Crippen LogP contribution in [-0.4, -0.2) is 7.11 Å². The zero-order chi connectivity index (χ0) is 14.5. The lowest BCUT2D eigenvalue weighted by Gasteiger charge is -2.17. The van der Waals surface area contributed by atoms with Crippen molar-refractivity contribution in [3.05, 3.63) is 45.6 Å². The van der Waals surface area contributed by atoms with Crippen LogP contribution in [0, 0.1) is 11.3 Å². The van der Waals surface area contributed by atoms with E-state index in [2.05, 4.69) is 37.4 Å². The predicted octanol–water partition coefficient (Wildman–Crippen LogP) is 4.36. The smallest absolute Gasteiger partial charge is 0.143 e. The molecular formula is C16H18N2OS. The van der Waals surface area contributed by atoms with Crippen LogP contribution >= 0.6 is 11.3 Å². The van der Waals surface area contributed by atoms with Crippen LogP contribution in [0.15, 0.2) is 30.3 Å². The van der Waals surface area contributed by atoms with E-state index in [0.717, 1.165) is 12.1 Å². The maximum Gasteiger partial charge on any atom is 0.143 e. The van der Waals surface area contributed by atoms with E-state index in [4.69, 9.17) is 4.74 Å². The van der Waals surface area contributed by atoms with Crippen LogP contribution in [0.25, 0.3) is 0 Å². The highest BCUT2D eigenvalue weighted by Crippen LogP contribution is 2.33. The van der Waals surface area contributed by atoms with E-state index in [0.29, 0.717) is 11.3 Å². The van der Waals surface area contributed by atoms with Gasteiger partial charge in [0.25, 0.3) is 0 Å². The highest BCUT2D eigenvalue weighted by atomic mass is 32.1. The molecule has 0 saturated carbocycles. The summed E-state index contributed by atoms with van der Waals surface area (Å²) in [4.78, 5) is 2.63. The van der Waals surface area contributed by atoms with Crippen LogP contribution in [0.4, 0.5) is 5.69 Å². The van der Waals surface area contributed by atoms with Gasteiger partial charge in [-0.3, -0.25) is 0 Å². The molecule has 0 spiro atoms. The van der Waals surface area contributed by atoms with Crippen LogP contribution in [0.1, 0.15) is 35.2 Å². The monoisotopic (exact) mass is 286 g/mol. The molecule has 1 atom stereocenters. The first-order valence-corrected chi connectivity index (χ1v) is 7.43. The molecule has 2 rings (SSSR count). The van der Waals surface area contributed by atoms with Crippen LogP contribution in [-0.2, 0) is 6.42 Å². The Hall–Kier alpha value is -1.99. The van der Waals surface area contributed by atoms with Gasteiger partial charge in [0.1, 0.15) is 11.8 Å². The quantitative estimate of drug-likeness (QED) is 0.888. The fourth-order valence-corrected chi connectivity index (χ4v) is 3.00. The van der Waals surface area contributed by atoms with Crippen LogP contribution in [0.5, 0.6) is 5.75 Å². The molecule has 104 valence electrons. The number of nitrogens with zero attached hydrogens (tertiary/aromatic N) is 1. The van der Waals surface area contributed by atoms with E-state index in [1.807, 2.05) is 12.1 Å². The van der Waals surface area contributed by atoms with Crippen molar-refractivity contribution < 1.29 is 4.74 Å². The van der Waals surface area contributed by atoms with Gasteiger partial charge in [-0.2, -0.15) is 5.26 Å². The first kappa shape index (κ1) is 14.4. The molecule has 1 aromatic carbocycles. The number of aryl methyl sites for hydroxylation is 1. The molecule has 0 aliphatic carbocycles. The lowest BCUT2D eigenvalue weighted by Crippen LogP contribution is -2.07. The molecule has 1 aromatic heterocycles. The zero-order valence-electron chi connectivity index (χ0n) is 11.9. The standard InChI is InChI=1S/C16H18N2OS/c1-4-13-8-9-15(20-13)11(2)18-16-12(10-17)6-5-7-14(16)19-3/h5-9,11,18H,4H2,1-3H3. The molecule has 0 aliphatic heterocycles. The summed E-state index contributed by atoms with van der Waals surface area (Å²) in [5.74, 6) is 0.697. The minimum absolute atomic E-state index is 0.142. The molecule has 0 radical (unpaired) electrons. The van der Waals surface area contributed by atoms with E-state index in [1.54, 1.807) is 24.5 Å². The Morgan fingerprint density at radius 2 is 2.15 bits per heavy atom. The van der Waals surface area contributed by atoms with Crippen molar-refractivity contribution >= 4 is 17.0 Å². The van der Waals surface area contributed by atoms with Crippen molar-refractivity contribution in [3.8, 4) is 11.8 Å². The number of thiophene rings is 1. The summed E-state index contributed by atoms with van der Waals surface area (Å²) < 4.78 is 5.34. The van der Waals surface area contributed by atoms with Gasteiger partial charge in [0.05, 0.1) is 24.4 Å². The summed E-state index contributed by atoms with van der Waals surface area (Å²) in [5, 5.41) is 12.6. The van der Waals surface area contributed by atoms with Crippen molar-refractivity contribution in [1.29, 1.82) is 5.26 Å². The lowest BCUT2D eigenvalue weighted by atomic mass is 10.1. The largest absolute Gasteiger partial charge is 0.495 e. The highest BCUT2D eigenvalue weighted by molar-refractivity contribution is 7.12. The fourth-order valence-electron chi connectivity index (χ4n) is 2.05. The Bertz CT molecular complexity index is 628. The summed E-state index contributed by atoms with van der Waals surface area (Å²) in [5.41, 5.74) is 1.36. The number of methoxy groups -OCH3 is 1. The number of nitriles is 1. The minimum atomic E-state index is 0.142. The van der Waals surface area contributed by atoms with Gasteiger partial charge in [0, 0.05) is 9.75 Å². The summed E-state index contributed by atoms with van der Waals surface area (Å²) in [6.45, 7) is 4.25. The molecule has 0 bridgehead atoms.